The largest absolute Gasteiger partial charge is 0.508 e. The van der Waals surface area contributed by atoms with E-state index < -0.39 is 0 Å². The van der Waals surface area contributed by atoms with E-state index in [-0.39, 0.29) is 23.7 Å². The summed E-state index contributed by atoms with van der Waals surface area (Å²) in [5.41, 5.74) is 2.90. The smallest absolute Gasteiger partial charge is 0.305 e. The minimum Gasteiger partial charge on any atom is -0.508 e. The zero-order valence-electron chi connectivity index (χ0n) is 27.7. The second kappa shape index (κ2) is 16.1. The van der Waals surface area contributed by atoms with Gasteiger partial charge in [0.25, 0.3) is 5.91 Å². The number of hydrogen-bond acceptors (Lipinski definition) is 7. The van der Waals surface area contributed by atoms with Crippen molar-refractivity contribution in [1.29, 1.82) is 0 Å². The van der Waals surface area contributed by atoms with Crippen LogP contribution in [0, 0.1) is 5.92 Å². The summed E-state index contributed by atoms with van der Waals surface area (Å²) in [6.45, 7) is 14.4. The zero-order valence-corrected chi connectivity index (χ0v) is 27.7. The second-order valence-corrected chi connectivity index (χ2v) is 13.5. The average molecular weight is 619 g/mol. The molecule has 1 amide bonds. The molecule has 1 N–H and O–H groups in total. The molecule has 8 heteroatoms. The number of unbranched alkanes of at least 4 members (excludes halogenated alkanes) is 3. The number of piperazine rings is 2. The van der Waals surface area contributed by atoms with Crippen molar-refractivity contribution >= 4 is 11.9 Å². The summed E-state index contributed by atoms with van der Waals surface area (Å²) in [7, 11) is 0. The van der Waals surface area contributed by atoms with Crippen molar-refractivity contribution < 1.29 is 19.4 Å². The molecule has 1 unspecified atom stereocenters. The highest BCUT2D eigenvalue weighted by Crippen LogP contribution is 2.37. The summed E-state index contributed by atoms with van der Waals surface area (Å²) < 4.78 is 5.01. The van der Waals surface area contributed by atoms with Gasteiger partial charge in [-0.05, 0) is 94.3 Å². The molecule has 0 aromatic heterocycles. The first kappa shape index (κ1) is 33.4. The number of carbonyl (C=O) groups excluding carboxylic acids is 2. The highest BCUT2D eigenvalue weighted by Gasteiger charge is 2.37. The highest BCUT2D eigenvalue weighted by molar-refractivity contribution is 5.94. The number of amides is 1. The maximum Gasteiger partial charge on any atom is 0.305 e. The molecule has 246 valence electrons. The van der Waals surface area contributed by atoms with Crippen LogP contribution in [-0.4, -0.2) is 108 Å². The Hall–Kier alpha value is -2.94. The van der Waals surface area contributed by atoms with Crippen LogP contribution in [-0.2, 0) is 9.53 Å². The van der Waals surface area contributed by atoms with Crippen LogP contribution < -0.4 is 0 Å². The molecule has 0 spiro atoms. The molecule has 3 atom stereocenters. The lowest BCUT2D eigenvalue weighted by Crippen LogP contribution is -2.57. The molecule has 3 aliphatic rings. The van der Waals surface area contributed by atoms with Crippen molar-refractivity contribution in [3.8, 4) is 5.75 Å². The summed E-state index contributed by atoms with van der Waals surface area (Å²) >= 11 is 0. The Kier molecular flexibility index (Phi) is 11.9. The Labute approximate surface area is 270 Å². The van der Waals surface area contributed by atoms with Gasteiger partial charge < -0.3 is 14.7 Å². The molecule has 45 heavy (non-hydrogen) atoms. The Morgan fingerprint density at radius 2 is 1.60 bits per heavy atom. The van der Waals surface area contributed by atoms with Crippen LogP contribution in [0.25, 0.3) is 0 Å². The number of esters is 1. The van der Waals surface area contributed by atoms with Gasteiger partial charge in [-0.25, -0.2) is 0 Å². The highest BCUT2D eigenvalue weighted by atomic mass is 16.5. The quantitative estimate of drug-likeness (QED) is 0.220. The van der Waals surface area contributed by atoms with Crippen LogP contribution in [0.5, 0.6) is 5.75 Å². The van der Waals surface area contributed by atoms with Gasteiger partial charge in [-0.2, -0.15) is 0 Å². The normalized spacial score (nSPS) is 22.3. The van der Waals surface area contributed by atoms with Crippen LogP contribution in [0.3, 0.4) is 0 Å². The fourth-order valence-corrected chi connectivity index (χ4v) is 7.13. The zero-order chi connectivity index (χ0) is 31.8. The third-order valence-corrected chi connectivity index (χ3v) is 9.89. The van der Waals surface area contributed by atoms with E-state index in [1.807, 2.05) is 36.1 Å². The summed E-state index contributed by atoms with van der Waals surface area (Å²) in [5, 5.41) is 10.4. The van der Waals surface area contributed by atoms with Gasteiger partial charge in [-0.1, -0.05) is 37.1 Å². The van der Waals surface area contributed by atoms with Gasteiger partial charge in [0.05, 0.1) is 12.6 Å². The number of rotatable bonds is 14. The third kappa shape index (κ3) is 9.30. The maximum atomic E-state index is 13.8. The maximum absolute atomic E-state index is 13.8. The molecule has 1 aliphatic carbocycles. The molecule has 0 bridgehead atoms. The van der Waals surface area contributed by atoms with Gasteiger partial charge >= 0.3 is 5.97 Å². The monoisotopic (exact) mass is 618 g/mol. The van der Waals surface area contributed by atoms with Crippen molar-refractivity contribution in [1.82, 2.24) is 19.6 Å². The molecule has 2 aromatic rings. The molecular weight excluding hydrogens is 564 g/mol. The first-order chi connectivity index (χ1) is 21.8. The van der Waals surface area contributed by atoms with Crippen molar-refractivity contribution in [3.05, 3.63) is 65.2 Å². The van der Waals surface area contributed by atoms with Crippen LogP contribution in [0.4, 0.5) is 0 Å². The van der Waals surface area contributed by atoms with Crippen molar-refractivity contribution in [2.24, 2.45) is 5.92 Å². The summed E-state index contributed by atoms with van der Waals surface area (Å²) in [4.78, 5) is 34.9. The molecule has 2 saturated heterocycles. The number of aromatic hydroxyl groups is 1. The molecular formula is C37H54N4O4. The van der Waals surface area contributed by atoms with Crippen LogP contribution in [0.1, 0.15) is 93.2 Å². The summed E-state index contributed by atoms with van der Waals surface area (Å²) in [6.07, 6.45) is 7.40. The van der Waals surface area contributed by atoms with Crippen LogP contribution in [0.2, 0.25) is 0 Å². The molecule has 2 aliphatic heterocycles. The lowest BCUT2D eigenvalue weighted by molar-refractivity contribution is -0.143. The van der Waals surface area contributed by atoms with Gasteiger partial charge in [-0.3, -0.25) is 24.3 Å². The lowest BCUT2D eigenvalue weighted by atomic mass is 9.92. The fourth-order valence-electron chi connectivity index (χ4n) is 7.13. The SMILES string of the molecule is CCOC(=O)CCCCCCN1CCN(C(=O)c2cccc(C(c3cccc(O)c3)N3C[C@@H](C)N(CC4CC4)C[C@@H]3C)c2)CC1. The van der Waals surface area contributed by atoms with E-state index in [1.54, 1.807) is 6.07 Å². The second-order valence-electron chi connectivity index (χ2n) is 13.5. The third-order valence-electron chi connectivity index (χ3n) is 9.89. The van der Waals surface area contributed by atoms with Gasteiger partial charge in [-0.15, -0.1) is 0 Å². The molecule has 0 radical (unpaired) electrons. The first-order valence-corrected chi connectivity index (χ1v) is 17.4. The van der Waals surface area contributed by atoms with Crippen molar-refractivity contribution in [2.45, 2.75) is 83.8 Å². The van der Waals surface area contributed by atoms with Gasteiger partial charge in [0.15, 0.2) is 0 Å². The number of carbonyl (C=O) groups is 2. The van der Waals surface area contributed by atoms with E-state index in [9.17, 15) is 14.7 Å². The molecule has 2 aromatic carbocycles. The average Bonchev–Trinajstić information content (AvgIpc) is 3.86. The van der Waals surface area contributed by atoms with E-state index in [1.165, 1.54) is 19.4 Å². The van der Waals surface area contributed by atoms with E-state index in [4.69, 9.17) is 4.74 Å². The van der Waals surface area contributed by atoms with E-state index in [2.05, 4.69) is 46.7 Å². The standard InChI is InChI=1S/C37H54N4O4/c1-4-45-35(43)15-7-5-6-8-18-38-19-21-39(22-20-38)37(44)33-13-9-11-31(23-33)36(32-12-10-14-34(42)24-32)41-26-28(2)40(25-29(41)3)27-30-16-17-30/h9-14,23-24,28-30,36,42H,4-8,15-22,25-27H2,1-3H3/t28-,29+,36?/m1/s1. The van der Waals surface area contributed by atoms with E-state index >= 15 is 0 Å². The van der Waals surface area contributed by atoms with Gasteiger partial charge in [0, 0.05) is 69.9 Å². The van der Waals surface area contributed by atoms with Crippen molar-refractivity contribution in [3.63, 3.8) is 0 Å². The minimum atomic E-state index is -0.0927. The topological polar surface area (TPSA) is 76.6 Å². The predicted octanol–water partition coefficient (Wildman–Crippen LogP) is 5.56. The summed E-state index contributed by atoms with van der Waals surface area (Å²) in [5.74, 6) is 1.14. The number of ether oxygens (including phenoxy) is 1. The molecule has 5 rings (SSSR count). The number of phenolic OH excluding ortho intramolecular Hbond substituents is 1. The van der Waals surface area contributed by atoms with E-state index in [0.717, 1.165) is 94.1 Å². The van der Waals surface area contributed by atoms with Gasteiger partial charge in [0.1, 0.15) is 5.75 Å². The van der Waals surface area contributed by atoms with Gasteiger partial charge in [0.2, 0.25) is 0 Å². The fraction of sp³-hybridized carbons (Fsp3) is 0.622. The van der Waals surface area contributed by atoms with Crippen molar-refractivity contribution in [2.75, 3.05) is 59.0 Å². The molecule has 1 saturated carbocycles. The Morgan fingerprint density at radius 3 is 2.31 bits per heavy atom. The van der Waals surface area contributed by atoms with Crippen LogP contribution in [0.15, 0.2) is 48.5 Å². The number of benzene rings is 2. The molecule has 3 fully saturated rings. The lowest BCUT2D eigenvalue weighted by Gasteiger charge is -2.48. The Bertz CT molecular complexity index is 1260. The Balaban J connectivity index is 1.19. The Morgan fingerprint density at radius 1 is 0.889 bits per heavy atom. The number of nitrogens with zero attached hydrogens (tertiary/aromatic N) is 4. The summed E-state index contributed by atoms with van der Waals surface area (Å²) in [6, 6.07) is 16.6. The van der Waals surface area contributed by atoms with Crippen LogP contribution >= 0.6 is 0 Å². The predicted molar refractivity (Wildman–Crippen MR) is 178 cm³/mol. The number of hydrogen-bond donors (Lipinski definition) is 1. The minimum absolute atomic E-state index is 0.0421. The van der Waals surface area contributed by atoms with E-state index in [0.29, 0.717) is 25.1 Å². The number of phenols is 1. The first-order valence-electron chi connectivity index (χ1n) is 17.4. The molecule has 2 heterocycles. The molecule has 8 nitrogen and oxygen atoms in total.